The fourth-order valence-electron chi connectivity index (χ4n) is 2.46. The van der Waals surface area contributed by atoms with Gasteiger partial charge in [0.1, 0.15) is 5.82 Å². The summed E-state index contributed by atoms with van der Waals surface area (Å²) in [6, 6.07) is 8.72. The summed E-state index contributed by atoms with van der Waals surface area (Å²) in [7, 11) is 0. The lowest BCUT2D eigenvalue weighted by molar-refractivity contribution is 0.421. The van der Waals surface area contributed by atoms with Crippen LogP contribution in [0.5, 0.6) is 0 Å². The summed E-state index contributed by atoms with van der Waals surface area (Å²) in [5.74, 6) is 1.99. The van der Waals surface area contributed by atoms with E-state index in [2.05, 4.69) is 41.3 Å². The van der Waals surface area contributed by atoms with E-state index in [0.29, 0.717) is 0 Å². The number of benzene rings is 1. The molecule has 0 spiro atoms. The first-order chi connectivity index (χ1) is 8.70. The van der Waals surface area contributed by atoms with Crippen LogP contribution < -0.4 is 5.73 Å². The molecule has 0 radical (unpaired) electrons. The Labute approximate surface area is 107 Å². The Balaban J connectivity index is 1.82. The molecule has 4 nitrogen and oxygen atoms in total. The summed E-state index contributed by atoms with van der Waals surface area (Å²) in [5, 5.41) is 4.55. The SMILES string of the molecule is Cc1cccc(Cc2nc3n(n2)CC(N)CC3)c1. The number of nitrogens with two attached hydrogens (primary N) is 1. The van der Waals surface area contributed by atoms with E-state index in [9.17, 15) is 0 Å². The van der Waals surface area contributed by atoms with Gasteiger partial charge in [-0.3, -0.25) is 0 Å². The zero-order valence-electron chi connectivity index (χ0n) is 10.6. The lowest BCUT2D eigenvalue weighted by Gasteiger charge is -2.17. The van der Waals surface area contributed by atoms with Crippen molar-refractivity contribution in [2.45, 2.75) is 38.8 Å². The van der Waals surface area contributed by atoms with Gasteiger partial charge in [0.25, 0.3) is 0 Å². The first-order valence-electron chi connectivity index (χ1n) is 6.44. The average Bonchev–Trinajstić information content (AvgIpc) is 2.70. The highest BCUT2D eigenvalue weighted by molar-refractivity contribution is 5.24. The van der Waals surface area contributed by atoms with Crippen LogP contribution in [0.2, 0.25) is 0 Å². The van der Waals surface area contributed by atoms with Gasteiger partial charge < -0.3 is 5.73 Å². The summed E-state index contributed by atoms with van der Waals surface area (Å²) >= 11 is 0. The molecule has 0 saturated heterocycles. The summed E-state index contributed by atoms with van der Waals surface area (Å²) < 4.78 is 1.97. The highest BCUT2D eigenvalue weighted by Gasteiger charge is 2.18. The monoisotopic (exact) mass is 242 g/mol. The molecule has 1 aromatic heterocycles. The van der Waals surface area contributed by atoms with E-state index in [1.807, 2.05) is 4.68 Å². The van der Waals surface area contributed by atoms with Crippen molar-refractivity contribution in [3.05, 3.63) is 47.0 Å². The molecule has 1 atom stereocenters. The molecule has 2 heterocycles. The van der Waals surface area contributed by atoms with Crippen LogP contribution in [-0.4, -0.2) is 20.8 Å². The van der Waals surface area contributed by atoms with Crippen molar-refractivity contribution < 1.29 is 0 Å². The van der Waals surface area contributed by atoms with Gasteiger partial charge in [-0.2, -0.15) is 5.10 Å². The second-order valence-electron chi connectivity index (χ2n) is 5.09. The van der Waals surface area contributed by atoms with Crippen LogP contribution in [0.1, 0.15) is 29.2 Å². The van der Waals surface area contributed by atoms with E-state index in [1.54, 1.807) is 0 Å². The van der Waals surface area contributed by atoms with Gasteiger partial charge in [-0.15, -0.1) is 0 Å². The minimum Gasteiger partial charge on any atom is -0.326 e. The van der Waals surface area contributed by atoms with Gasteiger partial charge in [-0.25, -0.2) is 9.67 Å². The number of fused-ring (bicyclic) bond motifs is 1. The number of nitrogens with zero attached hydrogens (tertiary/aromatic N) is 3. The Morgan fingerprint density at radius 3 is 3.17 bits per heavy atom. The van der Waals surface area contributed by atoms with Crippen molar-refractivity contribution in [3.63, 3.8) is 0 Å². The molecule has 2 aromatic rings. The summed E-state index contributed by atoms with van der Waals surface area (Å²) in [6.07, 6.45) is 2.77. The third kappa shape index (κ3) is 2.29. The van der Waals surface area contributed by atoms with Gasteiger partial charge in [0.15, 0.2) is 5.82 Å². The molecular weight excluding hydrogens is 224 g/mol. The molecule has 4 heteroatoms. The molecule has 1 aliphatic rings. The smallest absolute Gasteiger partial charge is 0.155 e. The molecule has 0 bridgehead atoms. The quantitative estimate of drug-likeness (QED) is 0.867. The summed E-state index contributed by atoms with van der Waals surface area (Å²) in [6.45, 7) is 2.91. The van der Waals surface area contributed by atoms with Crippen LogP contribution in [0.3, 0.4) is 0 Å². The van der Waals surface area contributed by atoms with Crippen LogP contribution in [0.15, 0.2) is 24.3 Å². The molecule has 2 N–H and O–H groups in total. The molecule has 0 saturated carbocycles. The van der Waals surface area contributed by atoms with Crippen molar-refractivity contribution in [1.29, 1.82) is 0 Å². The first-order valence-corrected chi connectivity index (χ1v) is 6.44. The van der Waals surface area contributed by atoms with Crippen molar-refractivity contribution in [2.24, 2.45) is 5.73 Å². The minimum absolute atomic E-state index is 0.228. The standard InChI is InChI=1S/C14H18N4/c1-10-3-2-4-11(7-10)8-13-16-14-6-5-12(15)9-18(14)17-13/h2-4,7,12H,5-6,8-9,15H2,1H3. The maximum absolute atomic E-state index is 5.94. The zero-order valence-corrected chi connectivity index (χ0v) is 10.6. The van der Waals surface area contributed by atoms with Crippen LogP contribution in [-0.2, 0) is 19.4 Å². The van der Waals surface area contributed by atoms with Gasteiger partial charge in [0, 0.05) is 18.9 Å². The molecular formula is C14H18N4. The van der Waals surface area contributed by atoms with E-state index in [1.165, 1.54) is 11.1 Å². The highest BCUT2D eigenvalue weighted by Crippen LogP contribution is 2.14. The molecule has 1 aliphatic heterocycles. The van der Waals surface area contributed by atoms with Gasteiger partial charge in [0.2, 0.25) is 0 Å². The fourth-order valence-corrected chi connectivity index (χ4v) is 2.46. The van der Waals surface area contributed by atoms with E-state index < -0.39 is 0 Å². The molecule has 3 rings (SSSR count). The van der Waals surface area contributed by atoms with Crippen molar-refractivity contribution in [2.75, 3.05) is 0 Å². The Morgan fingerprint density at radius 2 is 2.33 bits per heavy atom. The maximum Gasteiger partial charge on any atom is 0.155 e. The third-order valence-corrected chi connectivity index (χ3v) is 3.38. The molecule has 1 aromatic carbocycles. The number of hydrogen-bond acceptors (Lipinski definition) is 3. The summed E-state index contributed by atoms with van der Waals surface area (Å²) in [5.41, 5.74) is 8.49. The van der Waals surface area contributed by atoms with Gasteiger partial charge in [-0.05, 0) is 18.9 Å². The predicted molar refractivity (Wildman–Crippen MR) is 70.3 cm³/mol. The highest BCUT2D eigenvalue weighted by atomic mass is 15.4. The molecule has 18 heavy (non-hydrogen) atoms. The normalized spacial score (nSPS) is 18.7. The number of hydrogen-bond donors (Lipinski definition) is 1. The second-order valence-corrected chi connectivity index (χ2v) is 5.09. The maximum atomic E-state index is 5.94. The van der Waals surface area contributed by atoms with Crippen LogP contribution in [0, 0.1) is 6.92 Å². The largest absolute Gasteiger partial charge is 0.326 e. The van der Waals surface area contributed by atoms with Gasteiger partial charge >= 0.3 is 0 Å². The zero-order chi connectivity index (χ0) is 12.5. The van der Waals surface area contributed by atoms with Crippen molar-refractivity contribution in [3.8, 4) is 0 Å². The van der Waals surface area contributed by atoms with Crippen LogP contribution >= 0.6 is 0 Å². The lowest BCUT2D eigenvalue weighted by atomic mass is 10.1. The van der Waals surface area contributed by atoms with E-state index in [-0.39, 0.29) is 6.04 Å². The first kappa shape index (κ1) is 11.4. The Hall–Kier alpha value is -1.68. The lowest BCUT2D eigenvalue weighted by Crippen LogP contribution is -2.32. The predicted octanol–water partition coefficient (Wildman–Crippen LogP) is 1.45. The molecule has 0 aliphatic carbocycles. The molecule has 94 valence electrons. The Kier molecular flexibility index (Phi) is 2.88. The topological polar surface area (TPSA) is 56.7 Å². The van der Waals surface area contributed by atoms with E-state index >= 15 is 0 Å². The Morgan fingerprint density at radius 1 is 1.44 bits per heavy atom. The van der Waals surface area contributed by atoms with Gasteiger partial charge in [-0.1, -0.05) is 29.8 Å². The van der Waals surface area contributed by atoms with Gasteiger partial charge in [0.05, 0.1) is 6.54 Å². The molecule has 0 amide bonds. The van der Waals surface area contributed by atoms with E-state index in [0.717, 1.165) is 37.5 Å². The number of aromatic nitrogens is 3. The second kappa shape index (κ2) is 4.53. The average molecular weight is 242 g/mol. The Bertz CT molecular complexity index is 559. The summed E-state index contributed by atoms with van der Waals surface area (Å²) in [4.78, 5) is 4.61. The van der Waals surface area contributed by atoms with Crippen molar-refractivity contribution >= 4 is 0 Å². The van der Waals surface area contributed by atoms with Crippen LogP contribution in [0.4, 0.5) is 0 Å². The minimum atomic E-state index is 0.228. The fraction of sp³-hybridized carbons (Fsp3) is 0.429. The van der Waals surface area contributed by atoms with Crippen molar-refractivity contribution in [1.82, 2.24) is 14.8 Å². The number of rotatable bonds is 2. The molecule has 0 fully saturated rings. The molecule has 1 unspecified atom stereocenters. The number of aryl methyl sites for hydroxylation is 2. The third-order valence-electron chi connectivity index (χ3n) is 3.38. The van der Waals surface area contributed by atoms with Crippen LogP contribution in [0.25, 0.3) is 0 Å². The van der Waals surface area contributed by atoms with E-state index in [4.69, 9.17) is 5.73 Å².